The lowest BCUT2D eigenvalue weighted by Gasteiger charge is -2.13. The maximum atomic E-state index is 12.5. The number of hydrogen-bond acceptors (Lipinski definition) is 5. The molecule has 1 aromatic carbocycles. The molecule has 0 saturated heterocycles. The van der Waals surface area contributed by atoms with Gasteiger partial charge in [-0.2, -0.15) is 0 Å². The molecule has 7 heteroatoms. The summed E-state index contributed by atoms with van der Waals surface area (Å²) in [7, 11) is 0. The molecule has 0 fully saturated rings. The summed E-state index contributed by atoms with van der Waals surface area (Å²) < 4.78 is 5.78. The minimum atomic E-state index is -0.625. The van der Waals surface area contributed by atoms with Gasteiger partial charge in [-0.1, -0.05) is 35.1 Å². The maximum absolute atomic E-state index is 12.5. The first-order valence-corrected chi connectivity index (χ1v) is 8.61. The molecule has 0 unspecified atom stereocenters. The lowest BCUT2D eigenvalue weighted by Crippen LogP contribution is -2.25. The average Bonchev–Trinajstić information content (AvgIpc) is 2.94. The van der Waals surface area contributed by atoms with Crippen LogP contribution in [-0.2, 0) is 14.3 Å². The predicted molar refractivity (Wildman–Crippen MR) is 92.7 cm³/mol. The van der Waals surface area contributed by atoms with Gasteiger partial charge in [0.1, 0.15) is 5.57 Å². The summed E-state index contributed by atoms with van der Waals surface area (Å²) in [6, 6.07) is 6.67. The zero-order chi connectivity index (χ0) is 16.1. The number of esters is 1. The van der Waals surface area contributed by atoms with Gasteiger partial charge in [-0.05, 0) is 48.9 Å². The van der Waals surface area contributed by atoms with E-state index in [0.717, 1.165) is 0 Å². The van der Waals surface area contributed by atoms with Crippen LogP contribution in [0.2, 0.25) is 5.02 Å². The van der Waals surface area contributed by atoms with Crippen molar-refractivity contribution in [3.05, 3.63) is 49.9 Å². The first-order chi connectivity index (χ1) is 10.5. The predicted octanol–water partition coefficient (Wildman–Crippen LogP) is 4.39. The fourth-order valence-corrected chi connectivity index (χ4v) is 3.55. The second-order valence-electron chi connectivity index (χ2n) is 4.59. The van der Waals surface area contributed by atoms with Gasteiger partial charge in [0, 0.05) is 10.7 Å². The number of amides is 1. The zero-order valence-electron chi connectivity index (χ0n) is 12.0. The van der Waals surface area contributed by atoms with Crippen molar-refractivity contribution in [2.75, 3.05) is 5.32 Å². The number of ether oxygens (including phenoxy) is 1. The molecule has 0 aromatic heterocycles. The van der Waals surface area contributed by atoms with Gasteiger partial charge in [0.25, 0.3) is 5.91 Å². The molecule has 1 aliphatic heterocycles. The van der Waals surface area contributed by atoms with Crippen molar-refractivity contribution in [1.29, 1.82) is 0 Å². The lowest BCUT2D eigenvalue weighted by atomic mass is 10.2. The summed E-state index contributed by atoms with van der Waals surface area (Å²) in [6.45, 7) is 3.48. The number of rotatable bonds is 4. The van der Waals surface area contributed by atoms with E-state index >= 15 is 0 Å². The molecule has 0 spiro atoms. The monoisotopic (exact) mass is 355 g/mol. The minimum absolute atomic E-state index is 0.0173. The van der Waals surface area contributed by atoms with Crippen LogP contribution in [0.1, 0.15) is 13.8 Å². The zero-order valence-corrected chi connectivity index (χ0v) is 14.3. The van der Waals surface area contributed by atoms with Crippen molar-refractivity contribution in [3.63, 3.8) is 0 Å². The van der Waals surface area contributed by atoms with Gasteiger partial charge in [-0.15, -0.1) is 0 Å². The van der Waals surface area contributed by atoms with Crippen molar-refractivity contribution in [1.82, 2.24) is 0 Å². The normalized spacial score (nSPS) is 13.4. The third-order valence-corrected chi connectivity index (χ3v) is 4.87. The van der Waals surface area contributed by atoms with E-state index in [1.165, 1.54) is 23.5 Å². The van der Waals surface area contributed by atoms with Gasteiger partial charge in [-0.3, -0.25) is 4.79 Å². The SMILES string of the molecule is CC(C)OC(=O)C(C(=O)Nc1ccc(Cl)cc1)=C1SC=CS1. The Morgan fingerprint density at radius 1 is 1.14 bits per heavy atom. The quantitative estimate of drug-likeness (QED) is 0.375. The molecule has 0 bridgehead atoms. The van der Waals surface area contributed by atoms with Crippen LogP contribution in [0.4, 0.5) is 5.69 Å². The highest BCUT2D eigenvalue weighted by Gasteiger charge is 2.27. The van der Waals surface area contributed by atoms with Crippen molar-refractivity contribution in [2.45, 2.75) is 20.0 Å². The second-order valence-corrected chi connectivity index (χ2v) is 7.11. The largest absolute Gasteiger partial charge is 0.459 e. The van der Waals surface area contributed by atoms with Crippen LogP contribution < -0.4 is 5.32 Å². The van der Waals surface area contributed by atoms with Crippen LogP contribution in [-0.4, -0.2) is 18.0 Å². The lowest BCUT2D eigenvalue weighted by molar-refractivity contribution is -0.143. The summed E-state index contributed by atoms with van der Waals surface area (Å²) in [6.07, 6.45) is -0.296. The Labute approximate surface area is 142 Å². The number of anilines is 1. The molecule has 116 valence electrons. The minimum Gasteiger partial charge on any atom is -0.459 e. The molecule has 1 heterocycles. The van der Waals surface area contributed by atoms with Gasteiger partial charge in [-0.25, -0.2) is 4.79 Å². The van der Waals surface area contributed by atoms with E-state index in [1.54, 1.807) is 38.1 Å². The van der Waals surface area contributed by atoms with Crippen LogP contribution in [0.15, 0.2) is 44.9 Å². The molecule has 1 aromatic rings. The molecular weight excluding hydrogens is 342 g/mol. The van der Waals surface area contributed by atoms with Crippen LogP contribution >= 0.6 is 35.1 Å². The number of carbonyl (C=O) groups is 2. The van der Waals surface area contributed by atoms with Crippen molar-refractivity contribution >= 4 is 52.7 Å². The third-order valence-electron chi connectivity index (χ3n) is 2.49. The number of hydrogen-bond donors (Lipinski definition) is 1. The highest BCUT2D eigenvalue weighted by molar-refractivity contribution is 8.27. The number of thioether (sulfide) groups is 2. The van der Waals surface area contributed by atoms with Gasteiger partial charge in [0.15, 0.2) is 0 Å². The fourth-order valence-electron chi connectivity index (χ4n) is 1.59. The van der Waals surface area contributed by atoms with Gasteiger partial charge in [0.05, 0.1) is 10.3 Å². The second kappa shape index (κ2) is 7.76. The van der Waals surface area contributed by atoms with Crippen LogP contribution in [0.3, 0.4) is 0 Å². The van der Waals surface area contributed by atoms with Gasteiger partial charge < -0.3 is 10.1 Å². The topological polar surface area (TPSA) is 55.4 Å². The van der Waals surface area contributed by atoms with Gasteiger partial charge >= 0.3 is 5.97 Å². The van der Waals surface area contributed by atoms with E-state index in [2.05, 4.69) is 5.32 Å². The Hall–Kier alpha value is -1.37. The first-order valence-electron chi connectivity index (χ1n) is 6.48. The standard InChI is InChI=1S/C15H14ClNO3S2/c1-9(2)20-14(19)12(15-21-7-8-22-15)13(18)17-11-5-3-10(16)4-6-11/h3-9H,1-2H3,(H,17,18). The Kier molecular flexibility index (Phi) is 5.99. The first kappa shape index (κ1) is 17.0. The summed E-state index contributed by atoms with van der Waals surface area (Å²) in [5.41, 5.74) is 0.578. The molecule has 4 nitrogen and oxygen atoms in total. The molecule has 0 radical (unpaired) electrons. The molecule has 2 rings (SSSR count). The van der Waals surface area contributed by atoms with E-state index in [4.69, 9.17) is 16.3 Å². The molecule has 0 saturated carbocycles. The highest BCUT2D eigenvalue weighted by atomic mass is 35.5. The fraction of sp³-hybridized carbons (Fsp3) is 0.200. The van der Waals surface area contributed by atoms with Crippen molar-refractivity contribution in [2.24, 2.45) is 0 Å². The third kappa shape index (κ3) is 4.56. The molecule has 1 amide bonds. The molecular formula is C15H14ClNO3S2. The summed E-state index contributed by atoms with van der Waals surface area (Å²) in [5, 5.41) is 6.90. The number of benzene rings is 1. The number of nitrogens with one attached hydrogen (secondary N) is 1. The Morgan fingerprint density at radius 3 is 2.27 bits per heavy atom. The maximum Gasteiger partial charge on any atom is 0.345 e. The molecule has 1 N–H and O–H groups in total. The van der Waals surface area contributed by atoms with E-state index < -0.39 is 11.9 Å². The molecule has 0 atom stereocenters. The van der Waals surface area contributed by atoms with Crippen LogP contribution in [0.5, 0.6) is 0 Å². The Balaban J connectivity index is 2.21. The van der Waals surface area contributed by atoms with Gasteiger partial charge in [0.2, 0.25) is 0 Å². The van der Waals surface area contributed by atoms with Crippen molar-refractivity contribution in [3.8, 4) is 0 Å². The molecule has 1 aliphatic rings. The highest BCUT2D eigenvalue weighted by Crippen LogP contribution is 2.40. The summed E-state index contributed by atoms with van der Waals surface area (Å²) in [4.78, 5) is 24.7. The molecule has 0 aliphatic carbocycles. The number of carbonyl (C=O) groups excluding carboxylic acids is 2. The average molecular weight is 356 g/mol. The summed E-state index contributed by atoms with van der Waals surface area (Å²) >= 11 is 8.46. The molecule has 22 heavy (non-hydrogen) atoms. The van der Waals surface area contributed by atoms with Crippen molar-refractivity contribution < 1.29 is 14.3 Å². The van der Waals surface area contributed by atoms with E-state index in [0.29, 0.717) is 14.9 Å². The van der Waals surface area contributed by atoms with E-state index in [9.17, 15) is 9.59 Å². The van der Waals surface area contributed by atoms with Crippen LogP contribution in [0, 0.1) is 0 Å². The smallest absolute Gasteiger partial charge is 0.345 e. The number of halogens is 1. The van der Waals surface area contributed by atoms with E-state index in [-0.39, 0.29) is 11.7 Å². The summed E-state index contributed by atoms with van der Waals surface area (Å²) in [5.74, 6) is -1.12. The van der Waals surface area contributed by atoms with Crippen LogP contribution in [0.25, 0.3) is 0 Å². The Morgan fingerprint density at radius 2 is 1.73 bits per heavy atom. The van der Waals surface area contributed by atoms with E-state index in [1.807, 2.05) is 10.8 Å². The Bertz CT molecular complexity index is 629.